The molecular formula is C16H19N5O2S+2. The molecule has 2 N–H and O–H groups in total. The van der Waals surface area contributed by atoms with Crippen LogP contribution in [0.2, 0.25) is 0 Å². The summed E-state index contributed by atoms with van der Waals surface area (Å²) in [5.74, 6) is 2.19. The van der Waals surface area contributed by atoms with Gasteiger partial charge in [-0.3, -0.25) is 4.90 Å². The third kappa shape index (κ3) is 3.10. The van der Waals surface area contributed by atoms with Crippen LogP contribution in [-0.4, -0.2) is 36.0 Å². The molecule has 1 aliphatic heterocycles. The Balaban J connectivity index is 1.40. The van der Waals surface area contributed by atoms with Gasteiger partial charge in [0, 0.05) is 6.07 Å². The summed E-state index contributed by atoms with van der Waals surface area (Å²) in [6.07, 6.45) is 3.55. The fraction of sp³-hybridized carbons (Fsp3) is 0.312. The van der Waals surface area contributed by atoms with Crippen LogP contribution in [0.5, 0.6) is 0 Å². The molecule has 24 heavy (non-hydrogen) atoms. The van der Waals surface area contributed by atoms with Crippen LogP contribution >= 0.6 is 12.2 Å². The van der Waals surface area contributed by atoms with E-state index in [1.54, 1.807) is 17.0 Å². The number of aromatic nitrogens is 3. The van der Waals surface area contributed by atoms with Crippen LogP contribution in [0.4, 0.5) is 5.82 Å². The molecule has 0 amide bonds. The lowest BCUT2D eigenvalue weighted by Crippen LogP contribution is -3.14. The van der Waals surface area contributed by atoms with Crippen molar-refractivity contribution >= 4 is 18.0 Å². The van der Waals surface area contributed by atoms with Crippen molar-refractivity contribution in [2.24, 2.45) is 0 Å². The maximum atomic E-state index is 5.54. The summed E-state index contributed by atoms with van der Waals surface area (Å²) in [7, 11) is 0. The number of piperazine rings is 1. The van der Waals surface area contributed by atoms with Gasteiger partial charge in [0.1, 0.15) is 26.2 Å². The van der Waals surface area contributed by atoms with Crippen molar-refractivity contribution in [1.29, 1.82) is 0 Å². The van der Waals surface area contributed by atoms with Crippen molar-refractivity contribution < 1.29 is 18.7 Å². The van der Waals surface area contributed by atoms with Crippen molar-refractivity contribution in [2.45, 2.75) is 6.67 Å². The second-order valence-corrected chi connectivity index (χ2v) is 6.14. The monoisotopic (exact) mass is 345 g/mol. The number of hydrogen-bond acceptors (Lipinski definition) is 5. The van der Waals surface area contributed by atoms with Gasteiger partial charge >= 0.3 is 0 Å². The van der Waals surface area contributed by atoms with Crippen LogP contribution in [0.1, 0.15) is 0 Å². The van der Waals surface area contributed by atoms with Crippen LogP contribution in [0.3, 0.4) is 0 Å². The third-order valence-electron chi connectivity index (χ3n) is 4.22. The predicted octanol–water partition coefficient (Wildman–Crippen LogP) is 0.642. The molecule has 124 valence electrons. The van der Waals surface area contributed by atoms with Crippen LogP contribution in [-0.2, 0) is 6.67 Å². The minimum atomic E-state index is 0.382. The van der Waals surface area contributed by atoms with Gasteiger partial charge in [-0.05, 0) is 30.4 Å². The summed E-state index contributed by atoms with van der Waals surface area (Å²) in [4.78, 5) is 7.46. The minimum Gasteiger partial charge on any atom is -0.459 e. The molecule has 0 atom stereocenters. The first kappa shape index (κ1) is 15.1. The first-order valence-corrected chi connectivity index (χ1v) is 8.37. The summed E-state index contributed by atoms with van der Waals surface area (Å²) < 4.78 is 12.6. The highest BCUT2D eigenvalue weighted by Gasteiger charge is 2.26. The Labute approximate surface area is 144 Å². The third-order valence-corrected chi connectivity index (χ3v) is 4.51. The molecule has 0 radical (unpaired) electrons. The van der Waals surface area contributed by atoms with E-state index in [1.807, 2.05) is 18.3 Å². The van der Waals surface area contributed by atoms with Crippen LogP contribution < -0.4 is 14.8 Å². The maximum absolute atomic E-state index is 5.54. The van der Waals surface area contributed by atoms with Gasteiger partial charge in [-0.25, -0.2) is 4.98 Å². The second-order valence-electron chi connectivity index (χ2n) is 5.79. The lowest BCUT2D eigenvalue weighted by atomic mass is 10.3. The Bertz CT molecular complexity index is 835. The fourth-order valence-electron chi connectivity index (χ4n) is 2.92. The molecule has 0 aromatic carbocycles. The average molecular weight is 345 g/mol. The van der Waals surface area contributed by atoms with E-state index in [0.29, 0.717) is 23.2 Å². The predicted molar refractivity (Wildman–Crippen MR) is 88.9 cm³/mol. The second kappa shape index (κ2) is 6.58. The molecule has 8 heteroatoms. The largest absolute Gasteiger partial charge is 0.459 e. The number of aromatic amines is 1. The molecule has 4 heterocycles. The Morgan fingerprint density at radius 1 is 1.21 bits per heavy atom. The number of nitrogens with one attached hydrogen (secondary N) is 2. The normalized spacial score (nSPS) is 15.8. The Morgan fingerprint density at radius 3 is 2.79 bits per heavy atom. The molecule has 0 bridgehead atoms. The van der Waals surface area contributed by atoms with Crippen LogP contribution in [0.25, 0.3) is 11.7 Å². The molecule has 4 rings (SSSR count). The van der Waals surface area contributed by atoms with Gasteiger partial charge in [-0.1, -0.05) is 6.07 Å². The molecule has 0 unspecified atom stereocenters. The number of furan rings is 1. The lowest BCUT2D eigenvalue weighted by molar-refractivity contribution is -0.924. The van der Waals surface area contributed by atoms with Gasteiger partial charge < -0.3 is 13.7 Å². The summed E-state index contributed by atoms with van der Waals surface area (Å²) >= 11 is 5.28. The topological polar surface area (TPSA) is 65.9 Å². The van der Waals surface area contributed by atoms with E-state index >= 15 is 0 Å². The molecule has 1 saturated heterocycles. The average Bonchev–Trinajstić information content (AvgIpc) is 3.27. The molecule has 0 saturated carbocycles. The van der Waals surface area contributed by atoms with Gasteiger partial charge in [0.05, 0.1) is 12.5 Å². The number of quaternary nitrogens is 1. The van der Waals surface area contributed by atoms with Crippen molar-refractivity contribution in [2.75, 3.05) is 31.1 Å². The van der Waals surface area contributed by atoms with E-state index in [4.69, 9.17) is 21.1 Å². The van der Waals surface area contributed by atoms with Crippen LogP contribution in [0.15, 0.2) is 51.6 Å². The van der Waals surface area contributed by atoms with Gasteiger partial charge in [0.2, 0.25) is 0 Å². The highest BCUT2D eigenvalue weighted by Crippen LogP contribution is 2.17. The van der Waals surface area contributed by atoms with Gasteiger partial charge in [-0.2, -0.15) is 4.68 Å². The zero-order valence-corrected chi connectivity index (χ0v) is 14.0. The van der Waals surface area contributed by atoms with E-state index in [9.17, 15) is 0 Å². The van der Waals surface area contributed by atoms with Gasteiger partial charge in [0.15, 0.2) is 12.4 Å². The number of H-pyrrole nitrogens is 1. The molecule has 7 nitrogen and oxygen atoms in total. The van der Waals surface area contributed by atoms with Crippen molar-refractivity contribution in [1.82, 2.24) is 9.78 Å². The number of nitrogens with zero attached hydrogens (tertiary/aromatic N) is 3. The molecular weight excluding hydrogens is 326 g/mol. The zero-order chi connectivity index (χ0) is 16.4. The maximum Gasteiger partial charge on any atom is 0.292 e. The highest BCUT2D eigenvalue weighted by atomic mass is 32.1. The fourth-order valence-corrected chi connectivity index (χ4v) is 3.10. The van der Waals surface area contributed by atoms with Gasteiger partial charge in [0.25, 0.3) is 16.5 Å². The zero-order valence-electron chi connectivity index (χ0n) is 13.1. The SMILES string of the molecule is S=c1oc(-c2ccco2)nn1C[NH+]1CCN(c2cccc[nH+]2)CC1. The number of anilines is 1. The number of hydrogen-bond donors (Lipinski definition) is 1. The number of pyridine rings is 1. The Kier molecular flexibility index (Phi) is 4.14. The molecule has 3 aromatic rings. The van der Waals surface area contributed by atoms with Crippen LogP contribution in [0, 0.1) is 4.84 Å². The highest BCUT2D eigenvalue weighted by molar-refractivity contribution is 7.71. The summed E-state index contributed by atoms with van der Waals surface area (Å²) in [5.41, 5.74) is 0. The van der Waals surface area contributed by atoms with E-state index in [-0.39, 0.29) is 0 Å². The molecule has 0 spiro atoms. The van der Waals surface area contributed by atoms with E-state index in [0.717, 1.165) is 32.0 Å². The quantitative estimate of drug-likeness (QED) is 0.703. The van der Waals surface area contributed by atoms with Crippen molar-refractivity contribution in [3.05, 3.63) is 47.6 Å². The standard InChI is InChI=1S/C16H17N5O2S/c24-16-21(18-15(23-16)13-4-3-11-22-13)12-19-7-9-20(10-8-19)14-5-1-2-6-17-14/h1-6,11H,7-10,12H2/p+2. The molecule has 0 aliphatic carbocycles. The first-order valence-electron chi connectivity index (χ1n) is 7.97. The number of rotatable bonds is 4. The molecule has 1 fully saturated rings. The summed E-state index contributed by atoms with van der Waals surface area (Å²) in [6.45, 7) is 4.73. The van der Waals surface area contributed by atoms with Crippen molar-refractivity contribution in [3.63, 3.8) is 0 Å². The van der Waals surface area contributed by atoms with E-state index < -0.39 is 0 Å². The minimum absolute atomic E-state index is 0.382. The summed E-state index contributed by atoms with van der Waals surface area (Å²) in [6, 6.07) is 9.77. The lowest BCUT2D eigenvalue weighted by Gasteiger charge is -2.27. The first-order chi connectivity index (χ1) is 11.8. The molecule has 3 aromatic heterocycles. The molecule has 1 aliphatic rings. The van der Waals surface area contributed by atoms with E-state index in [2.05, 4.69) is 27.1 Å². The van der Waals surface area contributed by atoms with E-state index in [1.165, 1.54) is 4.90 Å². The Morgan fingerprint density at radius 2 is 2.08 bits per heavy atom. The van der Waals surface area contributed by atoms with Crippen molar-refractivity contribution in [3.8, 4) is 11.7 Å². The summed E-state index contributed by atoms with van der Waals surface area (Å²) in [5, 5.41) is 4.44. The Hall–Kier alpha value is -2.45. The van der Waals surface area contributed by atoms with Gasteiger partial charge in [-0.15, -0.1) is 5.10 Å². The smallest absolute Gasteiger partial charge is 0.292 e.